The molecule has 0 spiro atoms. The average Bonchev–Trinajstić information content (AvgIpc) is 1.69. The van der Waals surface area contributed by atoms with Crippen LogP contribution in [0, 0.1) is 59.2 Å². The third kappa shape index (κ3) is 63.3. The highest BCUT2D eigenvalue weighted by atomic mass is 16.5. The van der Waals surface area contributed by atoms with Gasteiger partial charge in [0.2, 0.25) is 0 Å². The van der Waals surface area contributed by atoms with Crippen molar-refractivity contribution >= 4 is 0 Å². The van der Waals surface area contributed by atoms with E-state index in [-0.39, 0.29) is 11.2 Å². The molecule has 6 bridgehead atoms. The fourth-order valence-electron chi connectivity index (χ4n) is 18.5. The lowest BCUT2D eigenvalue weighted by Crippen LogP contribution is -2.19. The molecule has 13 heteroatoms. The van der Waals surface area contributed by atoms with Gasteiger partial charge in [-0.3, -0.25) is 0 Å². The number of rotatable bonds is 33. The Balaban J connectivity index is 0.000000457. The number of methoxy groups -OCH3 is 1. The Labute approximate surface area is 765 Å². The Hall–Kier alpha value is -3.80. The molecule has 9 unspecified atom stereocenters. The predicted molar refractivity (Wildman–Crippen MR) is 525 cm³/mol. The van der Waals surface area contributed by atoms with Crippen molar-refractivity contribution in [3.05, 3.63) is 138 Å². The number of hydrogen-bond acceptors (Lipinski definition) is 13. The lowest BCUT2D eigenvalue weighted by molar-refractivity contribution is 0.00529. The van der Waals surface area contributed by atoms with Crippen molar-refractivity contribution in [2.24, 2.45) is 59.2 Å². The van der Waals surface area contributed by atoms with E-state index < -0.39 is 0 Å². The van der Waals surface area contributed by atoms with Crippen LogP contribution in [0.2, 0.25) is 0 Å². The maximum absolute atomic E-state index is 5.64. The molecule has 0 saturated heterocycles. The lowest BCUT2D eigenvalue weighted by atomic mass is 9.87. The van der Waals surface area contributed by atoms with Crippen LogP contribution >= 0.6 is 0 Å². The predicted octanol–water partition coefficient (Wildman–Crippen LogP) is 29.5. The number of fused-ring (bicyclic) bond motifs is 6. The van der Waals surface area contributed by atoms with E-state index in [1.807, 2.05) is 128 Å². The van der Waals surface area contributed by atoms with E-state index in [0.29, 0.717) is 18.3 Å². The third-order valence-corrected chi connectivity index (χ3v) is 25.2. The zero-order valence-corrected chi connectivity index (χ0v) is 83.8. The minimum absolute atomic E-state index is 0.0417. The maximum Gasteiger partial charge on any atom is 0.119 e. The minimum atomic E-state index is 0.0417. The average molecular weight is 1740 g/mol. The maximum atomic E-state index is 5.64. The molecule has 4 aromatic rings. The molecule has 14 rings (SSSR count). The van der Waals surface area contributed by atoms with Crippen LogP contribution in [0.1, 0.15) is 353 Å². The van der Waals surface area contributed by atoms with E-state index in [9.17, 15) is 0 Å². The highest BCUT2D eigenvalue weighted by molar-refractivity contribution is 5.21. The zero-order valence-electron chi connectivity index (χ0n) is 83.8. The molecule has 0 aromatic heterocycles. The van der Waals surface area contributed by atoms with E-state index in [1.54, 1.807) is 7.11 Å². The Morgan fingerprint density at radius 3 is 1.02 bits per heavy atom. The Kier molecular flexibility index (Phi) is 74.1. The van der Waals surface area contributed by atoms with Gasteiger partial charge in [-0.25, -0.2) is 0 Å². The van der Waals surface area contributed by atoms with Crippen molar-refractivity contribution in [3.8, 4) is 5.75 Å². The van der Waals surface area contributed by atoms with Crippen LogP contribution in [0.25, 0.3) is 0 Å². The molecule has 0 aliphatic heterocycles. The van der Waals surface area contributed by atoms with E-state index in [1.165, 1.54) is 229 Å². The van der Waals surface area contributed by atoms with Crippen molar-refractivity contribution in [2.45, 2.75) is 386 Å². The van der Waals surface area contributed by atoms with E-state index in [4.69, 9.17) is 61.6 Å². The quantitative estimate of drug-likeness (QED) is 0.0421. The normalized spacial score (nSPS) is 22.0. The van der Waals surface area contributed by atoms with Crippen LogP contribution in [-0.2, 0) is 76.5 Å². The van der Waals surface area contributed by atoms with Gasteiger partial charge >= 0.3 is 0 Å². The molecule has 0 N–H and O–H groups in total. The van der Waals surface area contributed by atoms with Crippen molar-refractivity contribution < 1.29 is 61.6 Å². The van der Waals surface area contributed by atoms with Crippen LogP contribution in [0.3, 0.4) is 0 Å². The zero-order chi connectivity index (χ0) is 90.6. The van der Waals surface area contributed by atoms with Crippen LogP contribution in [0.5, 0.6) is 5.75 Å². The molecular formula is C111H196O13. The summed E-state index contributed by atoms with van der Waals surface area (Å²) in [7, 11) is 1.71. The topological polar surface area (TPSA) is 120 Å². The number of hydrogen-bond donors (Lipinski definition) is 0. The summed E-state index contributed by atoms with van der Waals surface area (Å²) >= 11 is 0. The van der Waals surface area contributed by atoms with Crippen LogP contribution in [0.15, 0.2) is 121 Å². The number of para-hydroxylation sites is 1. The molecule has 0 amide bonds. The highest BCUT2D eigenvalue weighted by Crippen LogP contribution is 2.50. The van der Waals surface area contributed by atoms with Gasteiger partial charge in [-0.2, -0.15) is 0 Å². The summed E-state index contributed by atoms with van der Waals surface area (Å²) in [5.41, 5.74) is 3.92. The summed E-state index contributed by atoms with van der Waals surface area (Å²) < 4.78 is 69.2. The van der Waals surface area contributed by atoms with Crippen molar-refractivity contribution in [1.29, 1.82) is 0 Å². The molecule has 0 heterocycles. The van der Waals surface area contributed by atoms with Crippen molar-refractivity contribution in [2.75, 3.05) is 119 Å². The fraction of sp³-hybridized carbons (Fsp3) is 0.784. The molecular weight excluding hydrogens is 1540 g/mol. The number of ether oxygens (including phenoxy) is 13. The van der Waals surface area contributed by atoms with Gasteiger partial charge in [0.05, 0.1) is 55.9 Å². The fourth-order valence-corrected chi connectivity index (χ4v) is 18.5. The molecule has 13 nitrogen and oxygen atoms in total. The molecule has 10 aliphatic carbocycles. The van der Waals surface area contributed by atoms with Gasteiger partial charge in [0, 0.05) is 106 Å². The van der Waals surface area contributed by atoms with E-state index >= 15 is 0 Å². The summed E-state index contributed by atoms with van der Waals surface area (Å²) in [5.74, 6) is 11.0. The Morgan fingerprint density at radius 2 is 0.661 bits per heavy atom. The summed E-state index contributed by atoms with van der Waals surface area (Å²) in [6.07, 6.45) is 49.8. The van der Waals surface area contributed by atoms with Crippen LogP contribution < -0.4 is 4.74 Å². The highest BCUT2D eigenvalue weighted by Gasteiger charge is 2.41. The second-order valence-corrected chi connectivity index (χ2v) is 37.2. The van der Waals surface area contributed by atoms with Gasteiger partial charge in [0.25, 0.3) is 0 Å². The first-order valence-corrected chi connectivity index (χ1v) is 51.1. The van der Waals surface area contributed by atoms with Crippen LogP contribution in [-0.4, -0.2) is 149 Å². The molecule has 4 aromatic carbocycles. The molecule has 0 radical (unpaired) electrons. The Bertz CT molecular complexity index is 2770. The second-order valence-electron chi connectivity index (χ2n) is 37.2. The van der Waals surface area contributed by atoms with Crippen molar-refractivity contribution in [1.82, 2.24) is 0 Å². The third-order valence-electron chi connectivity index (χ3n) is 25.2. The first kappa shape index (κ1) is 116. The standard InChI is InChI=1S/C11H20O.C10H18O.C10H20O.C10H14O.C9H16O.C9H18O.2C9H12O.C8H16O.C8H10O.C7H14O.C6H14O.C5H12O/c1-2-12-6-5-11-8-9-3-4-10(11)7-9;1-2-11-7-10-6-8-3-4-9(10)5-8;2*1-2-11-9-8-10-6-4-3-5-7-10;1-2-10-9-6-7-3-4-8(9)5-7;3*1-2-10-8-9-6-4-3-5-7-9;2*1-2-9-8-6-4-3-5-7-8;1-2-8-7-5-3-4-6-7;1-5-7-6(2,3)4;1-5(2,3)6-4/h9-11H,2-8H2,1H3;8-10H,2-7H2,1H3;10H,2-9H2,1H3;3-7H,2,8-9H2,1H3;7-9H,2-6H2,1H3;9H,2-8H2,1H3;2*3-7H,2,8H2,1H3;8H,2-7H2,1H3;3-7H,2H2,1H3;7H,2-6H2,1H3;5H2,1-4H3;1-4H3. The summed E-state index contributed by atoms with van der Waals surface area (Å²) in [4.78, 5) is 0. The summed E-state index contributed by atoms with van der Waals surface area (Å²) in [6, 6.07) is 40.6. The first-order valence-electron chi connectivity index (χ1n) is 51.1. The number of benzene rings is 4. The van der Waals surface area contributed by atoms with Gasteiger partial charge in [-0.1, -0.05) is 206 Å². The van der Waals surface area contributed by atoms with Gasteiger partial charge in [-0.05, 0) is 335 Å². The van der Waals surface area contributed by atoms with Gasteiger partial charge in [0.15, 0.2) is 0 Å². The molecule has 718 valence electrons. The lowest BCUT2D eigenvalue weighted by Gasteiger charge is -2.20. The molecule has 10 aliphatic rings. The van der Waals surface area contributed by atoms with Gasteiger partial charge in [0.1, 0.15) is 5.75 Å². The Morgan fingerprint density at radius 1 is 0.290 bits per heavy atom. The van der Waals surface area contributed by atoms with E-state index in [0.717, 1.165) is 197 Å². The molecule has 124 heavy (non-hydrogen) atoms. The summed E-state index contributed by atoms with van der Waals surface area (Å²) in [6.45, 7) is 53.3. The monoisotopic (exact) mass is 1740 g/mol. The summed E-state index contributed by atoms with van der Waals surface area (Å²) in [5, 5.41) is 0. The largest absolute Gasteiger partial charge is 0.494 e. The second kappa shape index (κ2) is 79.0. The smallest absolute Gasteiger partial charge is 0.119 e. The first-order chi connectivity index (χ1) is 60.3. The molecule has 10 saturated carbocycles. The molecule has 10 fully saturated rings. The van der Waals surface area contributed by atoms with Gasteiger partial charge < -0.3 is 61.6 Å². The van der Waals surface area contributed by atoms with Crippen molar-refractivity contribution in [3.63, 3.8) is 0 Å². The minimum Gasteiger partial charge on any atom is -0.494 e. The van der Waals surface area contributed by atoms with Gasteiger partial charge in [-0.15, -0.1) is 0 Å². The van der Waals surface area contributed by atoms with Crippen LogP contribution in [0.4, 0.5) is 0 Å². The molecule has 9 atom stereocenters. The van der Waals surface area contributed by atoms with E-state index in [2.05, 4.69) is 118 Å². The SMILES string of the molecule is CCOC(C)(C)C.CCOC1CC2CCC1C2.CCOC1CCCC1.CCOC1CCCCC1.CCOCC1CC2CCC1C2.CCOCC1CCCCC1.CCOCCC1CC2CCC1C2.CCOCCC1CCCCC1.CCOCCc1ccccc1.CCOCc1ccccc1.CCOCc1ccccc1.CCOc1ccccc1.COC(C)(C)C.